The molecule has 1 aromatic rings. The highest BCUT2D eigenvalue weighted by atomic mass is 15.3. The third-order valence-corrected chi connectivity index (χ3v) is 2.77. The molecule has 0 fully saturated rings. The molecule has 2 N–H and O–H groups in total. The summed E-state index contributed by atoms with van der Waals surface area (Å²) in [4.78, 5) is 4.30. The maximum Gasteiger partial charge on any atom is 0.138 e. The number of nitrogens with two attached hydrogens (primary N) is 1. The van der Waals surface area contributed by atoms with Crippen LogP contribution in [0.3, 0.4) is 0 Å². The molecule has 82 valence electrons. The molecule has 0 radical (unpaired) electrons. The van der Waals surface area contributed by atoms with Crippen molar-refractivity contribution in [3.63, 3.8) is 0 Å². The van der Waals surface area contributed by atoms with Crippen LogP contribution in [0.5, 0.6) is 0 Å². The molecule has 1 unspecified atom stereocenters. The molecule has 1 aromatic heterocycles. The maximum atomic E-state index is 5.83. The highest BCUT2D eigenvalue weighted by molar-refractivity contribution is 5.17. The number of allylic oxidation sites excluding steroid dienone is 1. The normalized spacial score (nSPS) is 21.1. The highest BCUT2D eigenvalue weighted by Crippen LogP contribution is 2.21. The Bertz CT molecular complexity index is 364. The van der Waals surface area contributed by atoms with E-state index in [1.54, 1.807) is 6.33 Å². The first-order valence-corrected chi connectivity index (χ1v) is 5.50. The first-order chi connectivity index (χ1) is 7.16. The zero-order valence-corrected chi connectivity index (χ0v) is 9.35. The summed E-state index contributed by atoms with van der Waals surface area (Å²) < 4.78 is 1.98. The monoisotopic (exact) mass is 206 g/mol. The number of aromatic nitrogens is 3. The molecule has 0 amide bonds. The first kappa shape index (κ1) is 10.4. The Hall–Kier alpha value is -1.16. The lowest BCUT2D eigenvalue weighted by Crippen LogP contribution is -2.12. The van der Waals surface area contributed by atoms with Crippen LogP contribution in [0.1, 0.15) is 38.6 Å². The minimum atomic E-state index is 0.246. The molecule has 0 aromatic carbocycles. The van der Waals surface area contributed by atoms with E-state index in [9.17, 15) is 0 Å². The lowest BCUT2D eigenvalue weighted by atomic mass is 10.1. The Morgan fingerprint density at radius 3 is 3.00 bits per heavy atom. The van der Waals surface area contributed by atoms with Gasteiger partial charge in [-0.3, -0.25) is 0 Å². The smallest absolute Gasteiger partial charge is 0.138 e. The van der Waals surface area contributed by atoms with Gasteiger partial charge >= 0.3 is 0 Å². The van der Waals surface area contributed by atoms with Crippen molar-refractivity contribution in [2.45, 2.75) is 45.2 Å². The van der Waals surface area contributed by atoms with Gasteiger partial charge in [0.1, 0.15) is 12.2 Å². The van der Waals surface area contributed by atoms with Gasteiger partial charge < -0.3 is 5.73 Å². The Morgan fingerprint density at radius 1 is 1.60 bits per heavy atom. The molecule has 15 heavy (non-hydrogen) atoms. The van der Waals surface area contributed by atoms with Crippen LogP contribution in [0.25, 0.3) is 0 Å². The second kappa shape index (κ2) is 4.14. The Labute approximate surface area is 90.2 Å². The Morgan fingerprint density at radius 2 is 2.40 bits per heavy atom. The largest absolute Gasteiger partial charge is 0.324 e. The third-order valence-electron chi connectivity index (χ3n) is 2.77. The van der Waals surface area contributed by atoms with Crippen molar-refractivity contribution in [2.75, 3.05) is 0 Å². The van der Waals surface area contributed by atoms with Gasteiger partial charge in [0.05, 0.1) is 0 Å². The van der Waals surface area contributed by atoms with Gasteiger partial charge in [0.15, 0.2) is 0 Å². The number of nitrogens with zero attached hydrogens (tertiary/aromatic N) is 3. The van der Waals surface area contributed by atoms with E-state index in [4.69, 9.17) is 5.73 Å². The predicted molar refractivity (Wildman–Crippen MR) is 59.4 cm³/mol. The zero-order chi connectivity index (χ0) is 10.8. The van der Waals surface area contributed by atoms with Crippen molar-refractivity contribution in [2.24, 2.45) is 5.73 Å². The fourth-order valence-corrected chi connectivity index (χ4v) is 2.00. The third kappa shape index (κ3) is 2.26. The van der Waals surface area contributed by atoms with Crippen molar-refractivity contribution in [1.29, 1.82) is 0 Å². The molecule has 0 bridgehead atoms. The summed E-state index contributed by atoms with van der Waals surface area (Å²) in [5.41, 5.74) is 7.23. The average molecular weight is 206 g/mol. The lowest BCUT2D eigenvalue weighted by Gasteiger charge is -2.09. The van der Waals surface area contributed by atoms with E-state index in [1.807, 2.05) is 4.68 Å². The van der Waals surface area contributed by atoms with Crippen LogP contribution in [-0.4, -0.2) is 20.8 Å². The van der Waals surface area contributed by atoms with Crippen molar-refractivity contribution in [1.82, 2.24) is 14.8 Å². The molecule has 0 aliphatic heterocycles. The fraction of sp³-hybridized carbons (Fsp3) is 0.636. The van der Waals surface area contributed by atoms with Gasteiger partial charge in [0, 0.05) is 18.5 Å². The van der Waals surface area contributed by atoms with E-state index < -0.39 is 0 Å². The Balaban J connectivity index is 2.11. The van der Waals surface area contributed by atoms with Crippen LogP contribution < -0.4 is 5.73 Å². The molecule has 1 heterocycles. The van der Waals surface area contributed by atoms with Crippen molar-refractivity contribution < 1.29 is 0 Å². The molecule has 0 saturated carbocycles. The van der Waals surface area contributed by atoms with Crippen molar-refractivity contribution in [3.8, 4) is 0 Å². The van der Waals surface area contributed by atoms with Gasteiger partial charge in [-0.2, -0.15) is 5.10 Å². The average Bonchev–Trinajstić information content (AvgIpc) is 2.75. The second-order valence-electron chi connectivity index (χ2n) is 4.42. The van der Waals surface area contributed by atoms with Crippen LogP contribution >= 0.6 is 0 Å². The van der Waals surface area contributed by atoms with Crippen LogP contribution in [0.15, 0.2) is 18.0 Å². The summed E-state index contributed by atoms with van der Waals surface area (Å²) in [7, 11) is 0. The van der Waals surface area contributed by atoms with Gasteiger partial charge in [-0.05, 0) is 26.7 Å². The maximum absolute atomic E-state index is 5.83. The molecule has 1 atom stereocenters. The van der Waals surface area contributed by atoms with Gasteiger partial charge in [-0.25, -0.2) is 9.67 Å². The molecule has 0 saturated heterocycles. The van der Waals surface area contributed by atoms with Gasteiger partial charge in [-0.1, -0.05) is 11.6 Å². The summed E-state index contributed by atoms with van der Waals surface area (Å²) in [5.74, 6) is 1.05. The van der Waals surface area contributed by atoms with Gasteiger partial charge in [0.2, 0.25) is 0 Å². The number of rotatable bonds is 3. The number of hydrogen-bond acceptors (Lipinski definition) is 3. The van der Waals surface area contributed by atoms with E-state index in [-0.39, 0.29) is 6.04 Å². The fourth-order valence-electron chi connectivity index (χ4n) is 2.00. The van der Waals surface area contributed by atoms with Crippen LogP contribution in [-0.2, 0) is 6.42 Å². The quantitative estimate of drug-likeness (QED) is 0.761. The first-order valence-electron chi connectivity index (χ1n) is 5.50. The lowest BCUT2D eigenvalue weighted by molar-refractivity contribution is 0.509. The summed E-state index contributed by atoms with van der Waals surface area (Å²) in [6, 6.07) is 0.619. The van der Waals surface area contributed by atoms with Crippen molar-refractivity contribution >= 4 is 0 Å². The zero-order valence-electron chi connectivity index (χ0n) is 9.35. The van der Waals surface area contributed by atoms with Crippen LogP contribution in [0.4, 0.5) is 0 Å². The predicted octanol–water partition coefficient (Wildman–Crippen LogP) is 1.45. The molecular formula is C11H18N4. The SMILES string of the molecule is CC(C)n1ncnc1CC1=CC(N)CC1. The van der Waals surface area contributed by atoms with E-state index in [2.05, 4.69) is 30.0 Å². The molecule has 1 aliphatic rings. The molecule has 0 spiro atoms. The molecule has 1 aliphatic carbocycles. The topological polar surface area (TPSA) is 56.7 Å². The van der Waals surface area contributed by atoms with E-state index in [0.717, 1.165) is 25.1 Å². The molecule has 4 nitrogen and oxygen atoms in total. The molecule has 2 rings (SSSR count). The highest BCUT2D eigenvalue weighted by Gasteiger charge is 2.15. The van der Waals surface area contributed by atoms with Gasteiger partial charge in [-0.15, -0.1) is 0 Å². The van der Waals surface area contributed by atoms with E-state index in [1.165, 1.54) is 5.57 Å². The van der Waals surface area contributed by atoms with Crippen molar-refractivity contribution in [3.05, 3.63) is 23.8 Å². The summed E-state index contributed by atoms with van der Waals surface area (Å²) in [6.07, 6.45) is 6.87. The molecular weight excluding hydrogens is 188 g/mol. The minimum Gasteiger partial charge on any atom is -0.324 e. The van der Waals surface area contributed by atoms with Crippen LogP contribution in [0.2, 0.25) is 0 Å². The van der Waals surface area contributed by atoms with E-state index >= 15 is 0 Å². The van der Waals surface area contributed by atoms with Crippen LogP contribution in [0, 0.1) is 0 Å². The van der Waals surface area contributed by atoms with Gasteiger partial charge in [0.25, 0.3) is 0 Å². The summed E-state index contributed by atoms with van der Waals surface area (Å²) >= 11 is 0. The van der Waals surface area contributed by atoms with E-state index in [0.29, 0.717) is 6.04 Å². The molecule has 4 heteroatoms. The summed E-state index contributed by atoms with van der Waals surface area (Å²) in [6.45, 7) is 4.24. The Kier molecular flexibility index (Phi) is 2.86. The minimum absolute atomic E-state index is 0.246. The second-order valence-corrected chi connectivity index (χ2v) is 4.42. The summed E-state index contributed by atoms with van der Waals surface area (Å²) in [5, 5.41) is 4.22. The standard InChI is InChI=1S/C11H18N4/c1-8(2)15-11(13-7-14-15)6-9-3-4-10(12)5-9/h5,7-8,10H,3-4,6,12H2,1-2H3. The number of hydrogen-bond donors (Lipinski definition) is 1.